The molecule has 1 saturated heterocycles. The van der Waals surface area contributed by atoms with Gasteiger partial charge in [-0.3, -0.25) is 9.89 Å². The molecule has 1 aliphatic heterocycles. The molecule has 7 heteroatoms. The molecule has 1 aliphatic rings. The van der Waals surface area contributed by atoms with Gasteiger partial charge in [0.2, 0.25) is 0 Å². The molecule has 134 valence electrons. The number of nitrogens with one attached hydrogen (secondary N) is 1. The fourth-order valence-corrected chi connectivity index (χ4v) is 3.31. The highest BCUT2D eigenvalue weighted by Gasteiger charge is 2.24. The van der Waals surface area contributed by atoms with Gasteiger partial charge in [0.25, 0.3) is 5.91 Å². The number of alkyl halides is 1. The summed E-state index contributed by atoms with van der Waals surface area (Å²) in [5, 5.41) is 7.04. The van der Waals surface area contributed by atoms with Gasteiger partial charge in [0.15, 0.2) is 0 Å². The lowest BCUT2D eigenvalue weighted by Crippen LogP contribution is -2.33. The number of hydrogen-bond donors (Lipinski definition) is 2. The molecule has 0 bridgehead atoms. The van der Waals surface area contributed by atoms with E-state index in [1.54, 1.807) is 20.2 Å². The van der Waals surface area contributed by atoms with Crippen LogP contribution in [0.1, 0.15) is 40.4 Å². The Morgan fingerprint density at radius 3 is 2.64 bits per heavy atom. The lowest BCUT2D eigenvalue weighted by atomic mass is 9.93. The first-order chi connectivity index (χ1) is 12.0. The molecule has 0 unspecified atom stereocenters. The maximum atomic E-state index is 13.2. The van der Waals surface area contributed by atoms with Gasteiger partial charge in [-0.1, -0.05) is 6.07 Å². The zero-order chi connectivity index (χ0) is 18.0. The second-order valence-electron chi connectivity index (χ2n) is 6.68. The van der Waals surface area contributed by atoms with E-state index in [0.717, 1.165) is 37.3 Å². The Labute approximate surface area is 146 Å². The average molecular weight is 345 g/mol. The summed E-state index contributed by atoms with van der Waals surface area (Å²) in [6, 6.07) is 7.31. The van der Waals surface area contributed by atoms with E-state index in [0.29, 0.717) is 22.9 Å². The topological polar surface area (TPSA) is 78.3 Å². The number of nitrogens with two attached hydrogens (primary N) is 1. The fraction of sp³-hybridized carbons (Fsp3) is 0.444. The molecule has 2 aromatic rings. The maximum absolute atomic E-state index is 13.2. The van der Waals surface area contributed by atoms with Crippen molar-refractivity contribution in [2.45, 2.75) is 25.4 Å². The molecule has 0 aliphatic carbocycles. The largest absolute Gasteiger partial charge is 0.384 e. The van der Waals surface area contributed by atoms with E-state index >= 15 is 0 Å². The summed E-state index contributed by atoms with van der Waals surface area (Å²) in [4.78, 5) is 16.0. The molecule has 3 rings (SSSR count). The molecule has 0 radical (unpaired) electrons. The van der Waals surface area contributed by atoms with Crippen LogP contribution in [0.2, 0.25) is 0 Å². The Hall–Kier alpha value is -2.57. The number of benzene rings is 1. The van der Waals surface area contributed by atoms with Crippen LogP contribution in [0.25, 0.3) is 0 Å². The highest BCUT2D eigenvalue weighted by atomic mass is 19.1. The van der Waals surface area contributed by atoms with Crippen LogP contribution < -0.4 is 10.6 Å². The van der Waals surface area contributed by atoms with Crippen LogP contribution >= 0.6 is 0 Å². The van der Waals surface area contributed by atoms with E-state index in [-0.39, 0.29) is 5.91 Å². The molecule has 25 heavy (non-hydrogen) atoms. The Morgan fingerprint density at radius 1 is 1.36 bits per heavy atom. The summed E-state index contributed by atoms with van der Waals surface area (Å²) >= 11 is 0. The SMILES string of the molecule is CN(C)C(=O)c1cc(N2CCC(c3cc(N)[nH]n3)CC2)ccc1CF. The predicted octanol–water partition coefficient (Wildman–Crippen LogP) is 2.55. The average Bonchev–Trinajstić information content (AvgIpc) is 3.07. The number of aromatic amines is 1. The van der Waals surface area contributed by atoms with Gasteiger partial charge in [0.05, 0.1) is 5.69 Å². The minimum Gasteiger partial charge on any atom is -0.384 e. The summed E-state index contributed by atoms with van der Waals surface area (Å²) < 4.78 is 13.2. The van der Waals surface area contributed by atoms with E-state index in [4.69, 9.17) is 5.73 Å². The van der Waals surface area contributed by atoms with E-state index in [9.17, 15) is 9.18 Å². The number of amides is 1. The minimum atomic E-state index is -0.641. The van der Waals surface area contributed by atoms with Crippen LogP contribution in [0, 0.1) is 0 Å². The summed E-state index contributed by atoms with van der Waals surface area (Å²) in [7, 11) is 3.36. The first-order valence-corrected chi connectivity index (χ1v) is 8.46. The molecule has 0 atom stereocenters. The number of carbonyl (C=O) groups is 1. The first kappa shape index (κ1) is 17.3. The van der Waals surface area contributed by atoms with Crippen molar-refractivity contribution in [3.8, 4) is 0 Å². The summed E-state index contributed by atoms with van der Waals surface area (Å²) in [5.41, 5.74) is 8.55. The highest BCUT2D eigenvalue weighted by Crippen LogP contribution is 2.31. The number of hydrogen-bond acceptors (Lipinski definition) is 4. The number of nitrogen functional groups attached to an aromatic ring is 1. The Kier molecular flexibility index (Phi) is 4.92. The number of H-pyrrole nitrogens is 1. The van der Waals surface area contributed by atoms with Crippen LogP contribution in [-0.2, 0) is 6.67 Å². The van der Waals surface area contributed by atoms with Crippen LogP contribution in [0.3, 0.4) is 0 Å². The van der Waals surface area contributed by atoms with Crippen LogP contribution in [-0.4, -0.2) is 48.2 Å². The van der Waals surface area contributed by atoms with Gasteiger partial charge in [-0.2, -0.15) is 5.10 Å². The van der Waals surface area contributed by atoms with Gasteiger partial charge in [-0.25, -0.2) is 4.39 Å². The maximum Gasteiger partial charge on any atom is 0.253 e. The number of halogens is 1. The molecule has 0 spiro atoms. The van der Waals surface area contributed by atoms with Gasteiger partial charge < -0.3 is 15.5 Å². The third kappa shape index (κ3) is 3.60. The summed E-state index contributed by atoms with van der Waals surface area (Å²) in [6.45, 7) is 1.09. The van der Waals surface area contributed by atoms with E-state index in [1.165, 1.54) is 4.90 Å². The third-order valence-electron chi connectivity index (χ3n) is 4.77. The van der Waals surface area contributed by atoms with Gasteiger partial charge >= 0.3 is 0 Å². The number of rotatable bonds is 4. The zero-order valence-corrected chi connectivity index (χ0v) is 14.6. The minimum absolute atomic E-state index is 0.170. The first-order valence-electron chi connectivity index (χ1n) is 8.46. The number of aromatic nitrogens is 2. The Bertz CT molecular complexity index is 750. The molecule has 1 aromatic heterocycles. The Balaban J connectivity index is 1.75. The number of carbonyl (C=O) groups excluding carboxylic acids is 1. The number of anilines is 2. The Morgan fingerprint density at radius 2 is 2.08 bits per heavy atom. The number of nitrogens with zero attached hydrogens (tertiary/aromatic N) is 3. The zero-order valence-electron chi connectivity index (χ0n) is 14.6. The monoisotopic (exact) mass is 345 g/mol. The normalized spacial score (nSPS) is 15.4. The van der Waals surface area contributed by atoms with Gasteiger partial charge in [-0.15, -0.1) is 0 Å². The van der Waals surface area contributed by atoms with Crippen LogP contribution in [0.5, 0.6) is 0 Å². The van der Waals surface area contributed by atoms with Crippen molar-refractivity contribution >= 4 is 17.4 Å². The van der Waals surface area contributed by atoms with E-state index in [1.807, 2.05) is 18.2 Å². The molecule has 1 amide bonds. The lowest BCUT2D eigenvalue weighted by Gasteiger charge is -2.33. The molecule has 6 nitrogen and oxygen atoms in total. The van der Waals surface area contributed by atoms with Gasteiger partial charge in [0, 0.05) is 50.4 Å². The predicted molar refractivity (Wildman–Crippen MR) is 96.5 cm³/mol. The molecule has 1 fully saturated rings. The third-order valence-corrected chi connectivity index (χ3v) is 4.77. The summed E-state index contributed by atoms with van der Waals surface area (Å²) in [6.07, 6.45) is 1.93. The summed E-state index contributed by atoms with van der Waals surface area (Å²) in [5.74, 6) is 0.806. The molecule has 0 saturated carbocycles. The molecule has 3 N–H and O–H groups in total. The van der Waals surface area contributed by atoms with Crippen molar-refractivity contribution in [3.63, 3.8) is 0 Å². The number of piperidine rings is 1. The highest BCUT2D eigenvalue weighted by molar-refractivity contribution is 5.96. The van der Waals surface area contributed by atoms with Gasteiger partial charge in [0.1, 0.15) is 12.5 Å². The second-order valence-corrected chi connectivity index (χ2v) is 6.68. The molecular formula is C18H24FN5O. The quantitative estimate of drug-likeness (QED) is 0.893. The molecular weight excluding hydrogens is 321 g/mol. The smallest absolute Gasteiger partial charge is 0.253 e. The van der Waals surface area contributed by atoms with Crippen molar-refractivity contribution in [2.75, 3.05) is 37.8 Å². The van der Waals surface area contributed by atoms with Crippen molar-refractivity contribution in [1.29, 1.82) is 0 Å². The van der Waals surface area contributed by atoms with E-state index in [2.05, 4.69) is 15.1 Å². The van der Waals surface area contributed by atoms with E-state index < -0.39 is 6.67 Å². The standard InChI is InChI=1S/C18H24FN5O/c1-23(2)18(25)15-9-14(4-3-13(15)11-19)24-7-5-12(6-8-24)16-10-17(20)22-21-16/h3-4,9-10,12H,5-8,11H2,1-2H3,(H3,20,21,22). The molecule has 2 heterocycles. The van der Waals surface area contributed by atoms with Crippen molar-refractivity contribution in [1.82, 2.24) is 15.1 Å². The van der Waals surface area contributed by atoms with Gasteiger partial charge in [-0.05, 0) is 30.5 Å². The van der Waals surface area contributed by atoms with Crippen molar-refractivity contribution in [2.24, 2.45) is 0 Å². The fourth-order valence-electron chi connectivity index (χ4n) is 3.31. The van der Waals surface area contributed by atoms with Crippen molar-refractivity contribution in [3.05, 3.63) is 41.1 Å². The van der Waals surface area contributed by atoms with Crippen LogP contribution in [0.4, 0.5) is 15.9 Å². The lowest BCUT2D eigenvalue weighted by molar-refractivity contribution is 0.0825. The van der Waals surface area contributed by atoms with Crippen LogP contribution in [0.15, 0.2) is 24.3 Å². The second kappa shape index (κ2) is 7.13. The molecule has 1 aromatic carbocycles. The van der Waals surface area contributed by atoms with Crippen molar-refractivity contribution < 1.29 is 9.18 Å².